The second kappa shape index (κ2) is 7.44. The van der Waals surface area contributed by atoms with Crippen LogP contribution < -0.4 is 4.74 Å². The van der Waals surface area contributed by atoms with Crippen molar-refractivity contribution in [2.24, 2.45) is 0 Å². The summed E-state index contributed by atoms with van der Waals surface area (Å²) in [5, 5.41) is 0. The van der Waals surface area contributed by atoms with E-state index in [1.807, 2.05) is 0 Å². The lowest BCUT2D eigenvalue weighted by Crippen LogP contribution is -2.44. The van der Waals surface area contributed by atoms with Gasteiger partial charge in [0.05, 0.1) is 18.2 Å². The summed E-state index contributed by atoms with van der Waals surface area (Å²) < 4.78 is 38.5. The minimum absolute atomic E-state index is 0.0400. The summed E-state index contributed by atoms with van der Waals surface area (Å²) >= 11 is 0. The number of likely N-dealkylation sites (tertiary alicyclic amines) is 1. The molecular formula is C21H20F2N2O4. The third-order valence-electron chi connectivity index (χ3n) is 5.41. The summed E-state index contributed by atoms with van der Waals surface area (Å²) in [5.74, 6) is -1.45. The molecule has 0 N–H and O–H groups in total. The molecule has 8 heteroatoms. The molecule has 0 saturated carbocycles. The standard InChI is InChI=1S/C21H20F2N2O4/c1-24-17-9-25(20(26)11-28-2)10-19(17)29-18-7-12(3-5-15(18)21(24)27)14-6-4-13(22)8-16(14)23/h3-8,17,19H,9-11H2,1-2H3/t17-,19+/m1/s1. The highest BCUT2D eigenvalue weighted by atomic mass is 19.1. The van der Waals surface area contributed by atoms with E-state index in [1.54, 1.807) is 35.0 Å². The summed E-state index contributed by atoms with van der Waals surface area (Å²) in [6.07, 6.45) is -0.417. The highest BCUT2D eigenvalue weighted by Gasteiger charge is 2.43. The van der Waals surface area contributed by atoms with Crippen LogP contribution in [-0.2, 0) is 9.53 Å². The van der Waals surface area contributed by atoms with E-state index in [1.165, 1.54) is 19.2 Å². The third kappa shape index (κ3) is 3.44. The molecule has 2 aliphatic heterocycles. The molecule has 0 bridgehead atoms. The Morgan fingerprint density at radius 1 is 1.17 bits per heavy atom. The lowest BCUT2D eigenvalue weighted by atomic mass is 10.0. The van der Waals surface area contributed by atoms with Crippen molar-refractivity contribution in [3.8, 4) is 16.9 Å². The molecule has 1 fully saturated rings. The number of likely N-dealkylation sites (N-methyl/N-ethyl adjacent to an activating group) is 1. The fourth-order valence-electron chi connectivity index (χ4n) is 3.85. The van der Waals surface area contributed by atoms with Crippen molar-refractivity contribution in [3.05, 3.63) is 53.6 Å². The smallest absolute Gasteiger partial charge is 0.257 e. The van der Waals surface area contributed by atoms with Crippen LogP contribution in [-0.4, -0.2) is 67.6 Å². The van der Waals surface area contributed by atoms with E-state index in [4.69, 9.17) is 9.47 Å². The highest BCUT2D eigenvalue weighted by molar-refractivity contribution is 5.98. The van der Waals surface area contributed by atoms with Gasteiger partial charge in [-0.1, -0.05) is 6.07 Å². The average molecular weight is 402 g/mol. The van der Waals surface area contributed by atoms with E-state index in [9.17, 15) is 18.4 Å². The van der Waals surface area contributed by atoms with Crippen molar-refractivity contribution in [1.82, 2.24) is 9.80 Å². The first kappa shape index (κ1) is 19.3. The maximum Gasteiger partial charge on any atom is 0.257 e. The van der Waals surface area contributed by atoms with Crippen molar-refractivity contribution in [2.75, 3.05) is 33.9 Å². The Morgan fingerprint density at radius 3 is 2.66 bits per heavy atom. The lowest BCUT2D eigenvalue weighted by molar-refractivity contribution is -0.134. The molecule has 0 unspecified atom stereocenters. The summed E-state index contributed by atoms with van der Waals surface area (Å²) in [5.41, 5.74) is 1.05. The number of carbonyl (C=O) groups excluding carboxylic acids is 2. The summed E-state index contributed by atoms with van der Waals surface area (Å²) in [6, 6.07) is 7.81. The second-order valence-corrected chi connectivity index (χ2v) is 7.21. The summed E-state index contributed by atoms with van der Waals surface area (Å²) in [7, 11) is 3.13. The van der Waals surface area contributed by atoms with Crippen molar-refractivity contribution < 1.29 is 27.8 Å². The van der Waals surface area contributed by atoms with Crippen LogP contribution in [0.15, 0.2) is 36.4 Å². The fourth-order valence-corrected chi connectivity index (χ4v) is 3.85. The molecule has 0 aliphatic carbocycles. The number of ether oxygens (including phenoxy) is 2. The molecular weight excluding hydrogens is 382 g/mol. The van der Waals surface area contributed by atoms with Gasteiger partial charge in [-0.05, 0) is 29.8 Å². The van der Waals surface area contributed by atoms with Crippen molar-refractivity contribution in [3.63, 3.8) is 0 Å². The van der Waals surface area contributed by atoms with Gasteiger partial charge in [0.2, 0.25) is 5.91 Å². The quantitative estimate of drug-likeness (QED) is 0.791. The zero-order chi connectivity index (χ0) is 20.7. The normalized spacial score (nSPS) is 20.8. The molecule has 6 nitrogen and oxygen atoms in total. The van der Waals surface area contributed by atoms with Gasteiger partial charge in [-0.3, -0.25) is 9.59 Å². The van der Waals surface area contributed by atoms with Crippen LogP contribution in [0.2, 0.25) is 0 Å². The van der Waals surface area contributed by atoms with E-state index in [2.05, 4.69) is 0 Å². The molecule has 152 valence electrons. The monoisotopic (exact) mass is 402 g/mol. The summed E-state index contributed by atoms with van der Waals surface area (Å²) in [6.45, 7) is 0.628. The third-order valence-corrected chi connectivity index (χ3v) is 5.41. The Labute approximate surface area is 166 Å². The number of hydrogen-bond acceptors (Lipinski definition) is 4. The summed E-state index contributed by atoms with van der Waals surface area (Å²) in [4.78, 5) is 28.3. The van der Waals surface area contributed by atoms with E-state index < -0.39 is 17.7 Å². The second-order valence-electron chi connectivity index (χ2n) is 7.21. The molecule has 0 spiro atoms. The number of rotatable bonds is 3. The topological polar surface area (TPSA) is 59.1 Å². The van der Waals surface area contributed by atoms with Crippen LogP contribution in [0, 0.1) is 11.6 Å². The average Bonchev–Trinajstić information content (AvgIpc) is 3.07. The number of methoxy groups -OCH3 is 1. The SMILES string of the molecule is COCC(=O)N1C[C@@H]2Oc3cc(-c4ccc(F)cc4F)ccc3C(=O)N(C)[C@@H]2C1. The van der Waals surface area contributed by atoms with Crippen LogP contribution >= 0.6 is 0 Å². The molecule has 2 aliphatic rings. The van der Waals surface area contributed by atoms with Gasteiger partial charge in [0, 0.05) is 32.3 Å². The predicted octanol–water partition coefficient (Wildman–Crippen LogP) is 2.32. The number of amides is 2. The minimum Gasteiger partial charge on any atom is -0.485 e. The number of nitrogens with zero attached hydrogens (tertiary/aromatic N) is 2. The van der Waals surface area contributed by atoms with Gasteiger partial charge >= 0.3 is 0 Å². The predicted molar refractivity (Wildman–Crippen MR) is 101 cm³/mol. The van der Waals surface area contributed by atoms with Crippen LogP contribution in [0.5, 0.6) is 5.75 Å². The van der Waals surface area contributed by atoms with E-state index in [0.29, 0.717) is 30.0 Å². The van der Waals surface area contributed by atoms with E-state index in [0.717, 1.165) is 6.07 Å². The molecule has 29 heavy (non-hydrogen) atoms. The Morgan fingerprint density at radius 2 is 1.93 bits per heavy atom. The van der Waals surface area contributed by atoms with Gasteiger partial charge in [-0.15, -0.1) is 0 Å². The number of benzene rings is 2. The van der Waals surface area contributed by atoms with Gasteiger partial charge in [-0.25, -0.2) is 8.78 Å². The molecule has 2 aromatic rings. The van der Waals surface area contributed by atoms with Gasteiger partial charge in [0.15, 0.2) is 0 Å². The maximum absolute atomic E-state index is 14.2. The van der Waals surface area contributed by atoms with Crippen LogP contribution in [0.3, 0.4) is 0 Å². The Hall–Kier alpha value is -3.00. The van der Waals surface area contributed by atoms with Gasteiger partial charge in [0.25, 0.3) is 5.91 Å². The first-order chi connectivity index (χ1) is 13.9. The molecule has 2 atom stereocenters. The lowest BCUT2D eigenvalue weighted by Gasteiger charge is -2.24. The molecule has 2 amide bonds. The van der Waals surface area contributed by atoms with Crippen LogP contribution in [0.1, 0.15) is 10.4 Å². The molecule has 4 rings (SSSR count). The number of hydrogen-bond donors (Lipinski definition) is 0. The zero-order valence-electron chi connectivity index (χ0n) is 16.0. The molecule has 0 radical (unpaired) electrons. The number of carbonyl (C=O) groups is 2. The fraction of sp³-hybridized carbons (Fsp3) is 0.333. The molecule has 2 aromatic carbocycles. The Balaban J connectivity index is 1.68. The van der Waals surface area contributed by atoms with Crippen molar-refractivity contribution >= 4 is 11.8 Å². The van der Waals surface area contributed by atoms with E-state index >= 15 is 0 Å². The Kier molecular flexibility index (Phi) is 4.96. The zero-order valence-corrected chi connectivity index (χ0v) is 16.0. The van der Waals surface area contributed by atoms with Crippen molar-refractivity contribution in [1.29, 1.82) is 0 Å². The molecule has 1 saturated heterocycles. The van der Waals surface area contributed by atoms with Crippen LogP contribution in [0.25, 0.3) is 11.1 Å². The van der Waals surface area contributed by atoms with Gasteiger partial charge in [-0.2, -0.15) is 0 Å². The maximum atomic E-state index is 14.2. The molecule has 2 heterocycles. The first-order valence-corrected chi connectivity index (χ1v) is 9.19. The van der Waals surface area contributed by atoms with Gasteiger partial charge in [0.1, 0.15) is 30.1 Å². The largest absolute Gasteiger partial charge is 0.485 e. The van der Waals surface area contributed by atoms with E-state index in [-0.39, 0.29) is 30.0 Å². The van der Waals surface area contributed by atoms with Crippen molar-refractivity contribution in [2.45, 2.75) is 12.1 Å². The highest BCUT2D eigenvalue weighted by Crippen LogP contribution is 2.35. The van der Waals surface area contributed by atoms with Gasteiger partial charge < -0.3 is 19.3 Å². The first-order valence-electron chi connectivity index (χ1n) is 9.19. The Bertz CT molecular complexity index is 981. The van der Waals surface area contributed by atoms with Crippen LogP contribution in [0.4, 0.5) is 8.78 Å². The number of fused-ring (bicyclic) bond motifs is 2. The minimum atomic E-state index is -0.697. The number of halogens is 2. The molecule has 0 aromatic heterocycles.